The normalized spacial score (nSPS) is 20.4. The van der Waals surface area contributed by atoms with Gasteiger partial charge in [0, 0.05) is 39.4 Å². The molecule has 27 heavy (non-hydrogen) atoms. The third-order valence-corrected chi connectivity index (χ3v) is 4.54. The van der Waals surface area contributed by atoms with Gasteiger partial charge < -0.3 is 20.3 Å². The summed E-state index contributed by atoms with van der Waals surface area (Å²) in [7, 11) is 1.78. The van der Waals surface area contributed by atoms with Gasteiger partial charge in [-0.1, -0.05) is 36.4 Å². The van der Waals surface area contributed by atoms with Gasteiger partial charge in [0.1, 0.15) is 5.82 Å². The molecule has 6 nitrogen and oxygen atoms in total. The van der Waals surface area contributed by atoms with Crippen molar-refractivity contribution in [3.8, 4) is 0 Å². The maximum absolute atomic E-state index is 5.79. The van der Waals surface area contributed by atoms with Crippen LogP contribution in [0.1, 0.15) is 25.0 Å². The van der Waals surface area contributed by atoms with E-state index in [1.54, 1.807) is 7.05 Å². The molecule has 3 rings (SSSR count). The number of aromatic nitrogens is 1. The van der Waals surface area contributed by atoms with Crippen molar-refractivity contribution >= 4 is 11.8 Å². The highest BCUT2D eigenvalue weighted by Crippen LogP contribution is 2.18. The molecule has 2 atom stereocenters. The van der Waals surface area contributed by atoms with Crippen LogP contribution >= 0.6 is 0 Å². The Hall–Kier alpha value is -2.60. The van der Waals surface area contributed by atoms with Gasteiger partial charge in [-0.25, -0.2) is 4.98 Å². The average Bonchev–Trinajstić information content (AvgIpc) is 2.68. The zero-order chi connectivity index (χ0) is 19.1. The van der Waals surface area contributed by atoms with Crippen LogP contribution in [0.5, 0.6) is 0 Å². The number of hydrogen-bond acceptors (Lipinski definition) is 4. The minimum atomic E-state index is 0.232. The topological polar surface area (TPSA) is 61.8 Å². The van der Waals surface area contributed by atoms with Gasteiger partial charge in [0.2, 0.25) is 0 Å². The van der Waals surface area contributed by atoms with Crippen LogP contribution in [0, 0.1) is 0 Å². The summed E-state index contributed by atoms with van der Waals surface area (Å²) in [6, 6.07) is 14.5. The van der Waals surface area contributed by atoms with E-state index >= 15 is 0 Å². The summed E-state index contributed by atoms with van der Waals surface area (Å²) in [6.45, 7) is 7.39. The average molecular weight is 367 g/mol. The maximum atomic E-state index is 5.79. The number of guanidine groups is 1. The van der Waals surface area contributed by atoms with Crippen molar-refractivity contribution in [2.24, 2.45) is 4.99 Å². The number of nitrogens with zero attached hydrogens (tertiary/aromatic N) is 3. The van der Waals surface area contributed by atoms with Gasteiger partial charge in [0.05, 0.1) is 12.2 Å². The fourth-order valence-corrected chi connectivity index (χ4v) is 3.26. The minimum absolute atomic E-state index is 0.232. The van der Waals surface area contributed by atoms with Crippen molar-refractivity contribution in [3.05, 3.63) is 59.8 Å². The predicted octanol–water partition coefficient (Wildman–Crippen LogP) is 2.56. The van der Waals surface area contributed by atoms with Crippen LogP contribution in [0.2, 0.25) is 0 Å². The summed E-state index contributed by atoms with van der Waals surface area (Å²) in [5.74, 6) is 1.78. The zero-order valence-corrected chi connectivity index (χ0v) is 16.4. The summed E-state index contributed by atoms with van der Waals surface area (Å²) in [5.41, 5.74) is 2.34. The largest absolute Gasteiger partial charge is 0.372 e. The molecule has 1 aliphatic rings. The van der Waals surface area contributed by atoms with Gasteiger partial charge in [-0.3, -0.25) is 4.99 Å². The lowest BCUT2D eigenvalue weighted by Gasteiger charge is -2.36. The summed E-state index contributed by atoms with van der Waals surface area (Å²) in [6.07, 6.45) is 2.39. The second-order valence-electron chi connectivity index (χ2n) is 6.95. The van der Waals surface area contributed by atoms with Crippen LogP contribution in [-0.2, 0) is 17.8 Å². The molecule has 6 heteroatoms. The highest BCUT2D eigenvalue weighted by Gasteiger charge is 2.22. The summed E-state index contributed by atoms with van der Waals surface area (Å²) in [5, 5.41) is 6.66. The molecule has 1 aromatic heterocycles. The number of benzene rings is 1. The Morgan fingerprint density at radius 3 is 2.30 bits per heavy atom. The van der Waals surface area contributed by atoms with Crippen molar-refractivity contribution < 1.29 is 4.74 Å². The molecule has 2 heterocycles. The number of ether oxygens (including phenoxy) is 1. The van der Waals surface area contributed by atoms with Crippen molar-refractivity contribution in [2.45, 2.75) is 39.1 Å². The van der Waals surface area contributed by atoms with Crippen molar-refractivity contribution in [2.75, 3.05) is 25.0 Å². The highest BCUT2D eigenvalue weighted by atomic mass is 16.5. The van der Waals surface area contributed by atoms with Crippen LogP contribution in [-0.4, -0.2) is 43.3 Å². The molecular weight excluding hydrogens is 338 g/mol. The number of anilines is 1. The SMILES string of the molecule is CN=C(NCc1ccccc1)NCc1ccc(N2CC(C)OC(C)C2)nc1. The number of aliphatic imine (C=N–C) groups is 1. The second-order valence-corrected chi connectivity index (χ2v) is 6.95. The fraction of sp³-hybridized carbons (Fsp3) is 0.429. The van der Waals surface area contributed by atoms with Crippen molar-refractivity contribution in [3.63, 3.8) is 0 Å². The first-order valence-electron chi connectivity index (χ1n) is 9.48. The molecule has 2 unspecified atom stereocenters. The van der Waals surface area contributed by atoms with Crippen LogP contribution in [0.4, 0.5) is 5.82 Å². The highest BCUT2D eigenvalue weighted by molar-refractivity contribution is 5.79. The van der Waals surface area contributed by atoms with E-state index in [9.17, 15) is 0 Å². The van der Waals surface area contributed by atoms with E-state index in [1.165, 1.54) is 5.56 Å². The predicted molar refractivity (Wildman–Crippen MR) is 110 cm³/mol. The molecule has 2 aromatic rings. The summed E-state index contributed by atoms with van der Waals surface area (Å²) in [4.78, 5) is 11.2. The molecule has 0 aliphatic carbocycles. The van der Waals surface area contributed by atoms with E-state index in [0.29, 0.717) is 6.54 Å². The Morgan fingerprint density at radius 1 is 1.04 bits per heavy atom. The van der Waals surface area contributed by atoms with Gasteiger partial charge in [-0.2, -0.15) is 0 Å². The van der Waals surface area contributed by atoms with Gasteiger partial charge in [0.15, 0.2) is 5.96 Å². The Balaban J connectivity index is 1.50. The maximum Gasteiger partial charge on any atom is 0.191 e. The Morgan fingerprint density at radius 2 is 1.70 bits per heavy atom. The van der Waals surface area contributed by atoms with Crippen LogP contribution < -0.4 is 15.5 Å². The van der Waals surface area contributed by atoms with Gasteiger partial charge in [0.25, 0.3) is 0 Å². The van der Waals surface area contributed by atoms with E-state index in [0.717, 1.165) is 37.0 Å². The monoisotopic (exact) mass is 367 g/mol. The molecule has 1 saturated heterocycles. The molecular formula is C21H29N5O. The quantitative estimate of drug-likeness (QED) is 0.628. The lowest BCUT2D eigenvalue weighted by Crippen LogP contribution is -2.45. The molecule has 2 N–H and O–H groups in total. The Kier molecular flexibility index (Phi) is 6.65. The van der Waals surface area contributed by atoms with Gasteiger partial charge in [-0.15, -0.1) is 0 Å². The third kappa shape index (κ3) is 5.69. The molecule has 0 bridgehead atoms. The van der Waals surface area contributed by atoms with Crippen molar-refractivity contribution in [1.82, 2.24) is 15.6 Å². The van der Waals surface area contributed by atoms with E-state index in [-0.39, 0.29) is 12.2 Å². The van der Waals surface area contributed by atoms with E-state index in [2.05, 4.69) is 63.6 Å². The van der Waals surface area contributed by atoms with Gasteiger partial charge >= 0.3 is 0 Å². The first-order valence-corrected chi connectivity index (χ1v) is 9.48. The lowest BCUT2D eigenvalue weighted by molar-refractivity contribution is -0.00545. The van der Waals surface area contributed by atoms with E-state index in [1.807, 2.05) is 24.4 Å². The first-order chi connectivity index (χ1) is 13.1. The van der Waals surface area contributed by atoms with Crippen molar-refractivity contribution in [1.29, 1.82) is 0 Å². The molecule has 1 fully saturated rings. The molecule has 0 spiro atoms. The minimum Gasteiger partial charge on any atom is -0.372 e. The smallest absolute Gasteiger partial charge is 0.191 e. The zero-order valence-electron chi connectivity index (χ0n) is 16.4. The Labute approximate surface area is 161 Å². The molecule has 144 valence electrons. The van der Waals surface area contributed by atoms with Crippen LogP contribution in [0.3, 0.4) is 0 Å². The lowest BCUT2D eigenvalue weighted by atomic mass is 10.2. The Bertz CT molecular complexity index is 722. The van der Waals surface area contributed by atoms with Crippen LogP contribution in [0.25, 0.3) is 0 Å². The fourth-order valence-electron chi connectivity index (χ4n) is 3.26. The number of pyridine rings is 1. The molecule has 0 radical (unpaired) electrons. The standard InChI is InChI=1S/C21H29N5O/c1-16-14-26(15-17(2)27-16)20-10-9-19(12-23-20)13-25-21(22-3)24-11-18-7-5-4-6-8-18/h4-10,12,16-17H,11,13-15H2,1-3H3,(H2,22,24,25). The molecule has 1 aliphatic heterocycles. The van der Waals surface area contributed by atoms with E-state index < -0.39 is 0 Å². The van der Waals surface area contributed by atoms with Gasteiger partial charge in [-0.05, 0) is 31.0 Å². The molecule has 0 saturated carbocycles. The number of nitrogens with one attached hydrogen (secondary N) is 2. The van der Waals surface area contributed by atoms with E-state index in [4.69, 9.17) is 4.74 Å². The summed E-state index contributed by atoms with van der Waals surface area (Å²) < 4.78 is 5.79. The van der Waals surface area contributed by atoms with Crippen LogP contribution in [0.15, 0.2) is 53.7 Å². The number of rotatable bonds is 5. The molecule has 0 amide bonds. The first kappa shape index (κ1) is 19.2. The second kappa shape index (κ2) is 9.37. The summed E-state index contributed by atoms with van der Waals surface area (Å²) >= 11 is 0. The number of hydrogen-bond donors (Lipinski definition) is 2. The molecule has 1 aromatic carbocycles. The number of morpholine rings is 1. The third-order valence-electron chi connectivity index (χ3n) is 4.54.